The molecule has 0 aliphatic heterocycles. The van der Waals surface area contributed by atoms with Gasteiger partial charge in [0.2, 0.25) is 0 Å². The quantitative estimate of drug-likeness (QED) is 0.577. The highest BCUT2D eigenvalue weighted by atomic mass is 28.3. The largest absolute Gasteiger partial charge is 0.396 e. The van der Waals surface area contributed by atoms with Gasteiger partial charge in [-0.05, 0) is 12.8 Å². The first-order valence-corrected chi connectivity index (χ1v) is 6.72. The monoisotopic (exact) mass is 217 g/mol. The number of nitrogens with zero attached hydrogens (tertiary/aromatic N) is 1. The molecule has 0 spiro atoms. The predicted octanol–water partition coefficient (Wildman–Crippen LogP) is 1.67. The zero-order valence-electron chi connectivity index (χ0n) is 9.88. The van der Waals surface area contributed by atoms with Crippen molar-refractivity contribution in [1.29, 1.82) is 0 Å². The van der Waals surface area contributed by atoms with Crippen LogP contribution in [0.25, 0.3) is 0 Å². The lowest BCUT2D eigenvalue weighted by Gasteiger charge is -2.28. The molecule has 84 valence electrons. The average molecular weight is 217 g/mol. The molecule has 0 saturated carbocycles. The van der Waals surface area contributed by atoms with Gasteiger partial charge in [0.05, 0.1) is 0 Å². The molecule has 0 fully saturated rings. The molecule has 0 rings (SSSR count). The lowest BCUT2D eigenvalue weighted by molar-refractivity contribution is 0.260. The van der Waals surface area contributed by atoms with Crippen LogP contribution in [0.3, 0.4) is 0 Å². The Morgan fingerprint density at radius 2 is 1.57 bits per heavy atom. The smallest absolute Gasteiger partial charge is 0.371 e. The van der Waals surface area contributed by atoms with E-state index >= 15 is 0 Å². The van der Waals surface area contributed by atoms with Crippen molar-refractivity contribution in [3.63, 3.8) is 0 Å². The maximum absolute atomic E-state index is 5.31. The van der Waals surface area contributed by atoms with E-state index in [1.165, 1.54) is 0 Å². The van der Waals surface area contributed by atoms with E-state index in [1.807, 2.05) is 0 Å². The summed E-state index contributed by atoms with van der Waals surface area (Å²) in [6.45, 7) is 10.5. The Kier molecular flexibility index (Phi) is 7.84. The van der Waals surface area contributed by atoms with Crippen molar-refractivity contribution in [2.45, 2.75) is 26.7 Å². The second-order valence-electron chi connectivity index (χ2n) is 3.28. The lowest BCUT2D eigenvalue weighted by Crippen LogP contribution is -2.36. The molecule has 0 amide bonds. The van der Waals surface area contributed by atoms with Crippen molar-refractivity contribution < 1.29 is 8.85 Å². The molecule has 0 aromatic carbocycles. The summed E-state index contributed by atoms with van der Waals surface area (Å²) in [5.41, 5.74) is 0. The van der Waals surface area contributed by atoms with Gasteiger partial charge >= 0.3 is 9.28 Å². The van der Waals surface area contributed by atoms with E-state index in [9.17, 15) is 0 Å². The minimum Gasteiger partial charge on any atom is -0.396 e. The highest BCUT2D eigenvalue weighted by Crippen LogP contribution is 2.09. The van der Waals surface area contributed by atoms with Gasteiger partial charge in [0, 0.05) is 32.6 Å². The van der Waals surface area contributed by atoms with E-state index < -0.39 is 9.28 Å². The SMILES string of the molecule is C=C(N(CCC)CCC)[SiH](OC)OC. The van der Waals surface area contributed by atoms with E-state index in [4.69, 9.17) is 8.85 Å². The van der Waals surface area contributed by atoms with Crippen molar-refractivity contribution in [2.75, 3.05) is 27.3 Å². The number of hydrogen-bond donors (Lipinski definition) is 0. The zero-order valence-corrected chi connectivity index (χ0v) is 11.0. The van der Waals surface area contributed by atoms with Gasteiger partial charge in [0.15, 0.2) is 0 Å². The van der Waals surface area contributed by atoms with Crippen LogP contribution in [0.4, 0.5) is 0 Å². The normalized spacial score (nSPS) is 10.6. The van der Waals surface area contributed by atoms with Gasteiger partial charge in [0.25, 0.3) is 0 Å². The Hall–Kier alpha value is -0.323. The Balaban J connectivity index is 4.24. The molecule has 0 atom stereocenters. The molecule has 0 saturated heterocycles. The summed E-state index contributed by atoms with van der Waals surface area (Å²) in [4.78, 5) is 2.28. The van der Waals surface area contributed by atoms with Crippen LogP contribution in [0.2, 0.25) is 0 Å². The van der Waals surface area contributed by atoms with Crippen LogP contribution >= 0.6 is 0 Å². The van der Waals surface area contributed by atoms with Crippen LogP contribution in [0, 0.1) is 0 Å². The molecule has 0 aromatic rings. The van der Waals surface area contributed by atoms with E-state index in [0.717, 1.165) is 31.3 Å². The number of rotatable bonds is 8. The molecule has 4 heteroatoms. The van der Waals surface area contributed by atoms with Crippen LogP contribution in [-0.2, 0) is 8.85 Å². The van der Waals surface area contributed by atoms with E-state index in [2.05, 4.69) is 25.3 Å². The van der Waals surface area contributed by atoms with Crippen molar-refractivity contribution in [3.8, 4) is 0 Å². The molecule has 0 radical (unpaired) electrons. The van der Waals surface area contributed by atoms with E-state index in [0.29, 0.717) is 0 Å². The first-order valence-electron chi connectivity index (χ1n) is 5.20. The first kappa shape index (κ1) is 13.7. The lowest BCUT2D eigenvalue weighted by atomic mass is 10.4. The highest BCUT2D eigenvalue weighted by Gasteiger charge is 2.19. The zero-order chi connectivity index (χ0) is 11.0. The van der Waals surface area contributed by atoms with Gasteiger partial charge in [-0.15, -0.1) is 0 Å². The van der Waals surface area contributed by atoms with E-state index in [1.54, 1.807) is 14.2 Å². The predicted molar refractivity (Wildman–Crippen MR) is 62.5 cm³/mol. The number of hydrogen-bond acceptors (Lipinski definition) is 3. The van der Waals surface area contributed by atoms with Crippen LogP contribution in [0.5, 0.6) is 0 Å². The van der Waals surface area contributed by atoms with Crippen LogP contribution in [0.1, 0.15) is 26.7 Å². The van der Waals surface area contributed by atoms with Crippen molar-refractivity contribution in [2.24, 2.45) is 0 Å². The Labute approximate surface area is 89.5 Å². The third-order valence-electron chi connectivity index (χ3n) is 2.09. The van der Waals surface area contributed by atoms with Gasteiger partial charge in [-0.25, -0.2) is 0 Å². The molecule has 0 aromatic heterocycles. The summed E-state index contributed by atoms with van der Waals surface area (Å²) in [5.74, 6) is 0. The second kappa shape index (κ2) is 8.02. The summed E-state index contributed by atoms with van der Waals surface area (Å²) in [7, 11) is 1.72. The minimum absolute atomic E-state index is 1.04. The van der Waals surface area contributed by atoms with Gasteiger partial charge in [-0.2, -0.15) is 0 Å². The molecule has 3 nitrogen and oxygen atoms in total. The average Bonchev–Trinajstić information content (AvgIpc) is 2.19. The highest BCUT2D eigenvalue weighted by molar-refractivity contribution is 6.53. The third-order valence-corrected chi connectivity index (χ3v) is 3.86. The van der Waals surface area contributed by atoms with Gasteiger partial charge in [-0.1, -0.05) is 20.4 Å². The molecule has 0 aliphatic rings. The fraction of sp³-hybridized carbons (Fsp3) is 0.800. The fourth-order valence-corrected chi connectivity index (χ4v) is 2.75. The summed E-state index contributed by atoms with van der Waals surface area (Å²) < 4.78 is 10.6. The van der Waals surface area contributed by atoms with Gasteiger partial charge < -0.3 is 13.8 Å². The third kappa shape index (κ3) is 4.26. The summed E-state index contributed by atoms with van der Waals surface area (Å²) >= 11 is 0. The molecule has 0 N–H and O–H groups in total. The molecular weight excluding hydrogens is 194 g/mol. The molecule has 14 heavy (non-hydrogen) atoms. The minimum atomic E-state index is -1.68. The Morgan fingerprint density at radius 3 is 1.86 bits per heavy atom. The topological polar surface area (TPSA) is 21.7 Å². The van der Waals surface area contributed by atoms with Crippen molar-refractivity contribution >= 4 is 9.28 Å². The van der Waals surface area contributed by atoms with Crippen molar-refractivity contribution in [3.05, 3.63) is 11.9 Å². The van der Waals surface area contributed by atoms with Crippen LogP contribution < -0.4 is 0 Å². The fourth-order valence-electron chi connectivity index (χ4n) is 1.46. The standard InChI is InChI=1S/C10H23NO2Si/c1-6-8-11(9-7-2)10(3)14(12-4)13-5/h14H,3,6-9H2,1-2,4-5H3. The molecular formula is C10H23NO2Si. The maximum Gasteiger partial charge on any atom is 0.371 e. The van der Waals surface area contributed by atoms with Crippen LogP contribution in [-0.4, -0.2) is 41.5 Å². The summed E-state index contributed by atoms with van der Waals surface area (Å²) in [5, 5.41) is 1.05. The molecule has 0 bridgehead atoms. The Bertz CT molecular complexity index is 154. The molecule has 0 heterocycles. The van der Waals surface area contributed by atoms with Gasteiger partial charge in [-0.3, -0.25) is 0 Å². The second-order valence-corrected chi connectivity index (χ2v) is 5.55. The summed E-state index contributed by atoms with van der Waals surface area (Å²) in [6.07, 6.45) is 2.27. The maximum atomic E-state index is 5.31. The van der Waals surface area contributed by atoms with Gasteiger partial charge in [0.1, 0.15) is 0 Å². The molecule has 0 aliphatic carbocycles. The molecule has 0 unspecified atom stereocenters. The van der Waals surface area contributed by atoms with Crippen molar-refractivity contribution in [1.82, 2.24) is 4.90 Å². The first-order chi connectivity index (χ1) is 6.71. The Morgan fingerprint density at radius 1 is 1.14 bits per heavy atom. The van der Waals surface area contributed by atoms with Crippen LogP contribution in [0.15, 0.2) is 11.9 Å². The summed E-state index contributed by atoms with van der Waals surface area (Å²) in [6, 6.07) is 0. The van der Waals surface area contributed by atoms with E-state index in [-0.39, 0.29) is 0 Å².